The van der Waals surface area contributed by atoms with E-state index in [9.17, 15) is 14.3 Å². The van der Waals surface area contributed by atoms with Crippen molar-refractivity contribution in [3.05, 3.63) is 54.2 Å². The largest absolute Gasteiger partial charge is 0.505 e. The lowest BCUT2D eigenvalue weighted by Crippen LogP contribution is -2.34. The molecule has 0 aliphatic carbocycles. The average molecular weight is 381 g/mol. The van der Waals surface area contributed by atoms with E-state index >= 15 is 0 Å². The number of nitrogens with zero attached hydrogens (tertiary/aromatic N) is 3. The Morgan fingerprint density at radius 1 is 1.36 bits per heavy atom. The van der Waals surface area contributed by atoms with Crippen molar-refractivity contribution in [2.45, 2.75) is 25.8 Å². The Balaban J connectivity index is 1.54. The number of aromatic amines is 1. The summed E-state index contributed by atoms with van der Waals surface area (Å²) in [6, 6.07) is 7.28. The smallest absolute Gasteiger partial charge is 0.250 e. The minimum absolute atomic E-state index is 0.102. The summed E-state index contributed by atoms with van der Waals surface area (Å²) in [6.45, 7) is 2.55. The predicted octanol–water partition coefficient (Wildman–Crippen LogP) is 3.10. The van der Waals surface area contributed by atoms with Gasteiger partial charge in [-0.2, -0.15) is 5.10 Å². The first-order valence-electron chi connectivity index (χ1n) is 9.12. The van der Waals surface area contributed by atoms with Gasteiger partial charge in [0, 0.05) is 35.6 Å². The van der Waals surface area contributed by atoms with Gasteiger partial charge in [-0.1, -0.05) is 6.92 Å². The van der Waals surface area contributed by atoms with Crippen LogP contribution >= 0.6 is 0 Å². The number of nitrogens with one attached hydrogen (secondary N) is 2. The number of carbonyl (C=O) groups excluding carboxylic acids is 1. The fourth-order valence-corrected chi connectivity index (χ4v) is 3.42. The van der Waals surface area contributed by atoms with Gasteiger partial charge in [0.05, 0.1) is 11.9 Å². The van der Waals surface area contributed by atoms with Gasteiger partial charge in [0.25, 0.3) is 5.91 Å². The summed E-state index contributed by atoms with van der Waals surface area (Å²) in [7, 11) is 0. The molecule has 4 rings (SSSR count). The number of hydrogen-bond acceptors (Lipinski definition) is 5. The van der Waals surface area contributed by atoms with Crippen LogP contribution in [-0.2, 0) is 11.2 Å². The molecule has 1 saturated heterocycles. The third-order valence-corrected chi connectivity index (χ3v) is 4.87. The van der Waals surface area contributed by atoms with Crippen LogP contribution in [0.5, 0.6) is 5.75 Å². The number of benzene rings is 1. The molecule has 8 heteroatoms. The second-order valence-corrected chi connectivity index (χ2v) is 6.65. The predicted molar refractivity (Wildman–Crippen MR) is 104 cm³/mol. The molecule has 1 aromatic carbocycles. The quantitative estimate of drug-likeness (QED) is 0.631. The number of phenolic OH excluding ortho intramolecular Hbond substituents is 1. The Kier molecular flexibility index (Phi) is 4.68. The topological polar surface area (TPSA) is 94.1 Å². The number of anilines is 2. The molecule has 1 aliphatic heterocycles. The van der Waals surface area contributed by atoms with E-state index in [1.165, 1.54) is 18.2 Å². The molecule has 1 aliphatic rings. The van der Waals surface area contributed by atoms with Gasteiger partial charge < -0.3 is 10.4 Å². The number of aromatic nitrogens is 3. The molecule has 0 radical (unpaired) electrons. The Bertz CT molecular complexity index is 1010. The summed E-state index contributed by atoms with van der Waals surface area (Å²) in [5, 5.41) is 19.3. The molecule has 144 valence electrons. The molecule has 2 aromatic heterocycles. The first-order chi connectivity index (χ1) is 13.6. The highest BCUT2D eigenvalue weighted by Crippen LogP contribution is 2.28. The van der Waals surface area contributed by atoms with E-state index in [-0.39, 0.29) is 5.91 Å². The highest BCUT2D eigenvalue weighted by molar-refractivity contribution is 6.00. The van der Waals surface area contributed by atoms with Gasteiger partial charge >= 0.3 is 0 Å². The number of carbonyl (C=O) groups is 1. The van der Waals surface area contributed by atoms with E-state index in [2.05, 4.69) is 15.5 Å². The number of pyridine rings is 1. The molecular formula is C20H20FN5O2. The van der Waals surface area contributed by atoms with Crippen molar-refractivity contribution in [1.82, 2.24) is 15.2 Å². The van der Waals surface area contributed by atoms with Crippen LogP contribution in [0.4, 0.5) is 15.9 Å². The maximum absolute atomic E-state index is 13.2. The molecule has 0 bridgehead atoms. The second-order valence-electron chi connectivity index (χ2n) is 6.65. The van der Waals surface area contributed by atoms with Crippen molar-refractivity contribution in [2.75, 3.05) is 16.8 Å². The van der Waals surface area contributed by atoms with Crippen LogP contribution in [0.25, 0.3) is 11.1 Å². The monoisotopic (exact) mass is 381 g/mol. The molecule has 1 unspecified atom stereocenters. The maximum Gasteiger partial charge on any atom is 0.250 e. The standard InChI is InChI=1S/C20H20FN5O2/c1-2-16-14(12-10-22-23-11-12)4-6-19(25-16)26-8-7-17(20(26)28)24-13-3-5-15(21)18(27)9-13/h3-6,9-11,17,24,27H,2,7-8H2,1H3,(H,22,23). The Morgan fingerprint density at radius 2 is 2.21 bits per heavy atom. The number of H-pyrrole nitrogens is 1. The third kappa shape index (κ3) is 3.28. The number of phenols is 1. The molecule has 3 N–H and O–H groups in total. The average Bonchev–Trinajstić information content (AvgIpc) is 3.35. The molecule has 3 aromatic rings. The zero-order chi connectivity index (χ0) is 19.7. The minimum Gasteiger partial charge on any atom is -0.505 e. The molecule has 1 atom stereocenters. The van der Waals surface area contributed by atoms with Crippen LogP contribution < -0.4 is 10.2 Å². The van der Waals surface area contributed by atoms with Crippen LogP contribution in [0.3, 0.4) is 0 Å². The SMILES string of the molecule is CCc1nc(N2CCC(Nc3ccc(F)c(O)c3)C2=O)ccc1-c1cn[nH]c1. The van der Waals surface area contributed by atoms with Crippen LogP contribution in [0, 0.1) is 5.82 Å². The van der Waals surface area contributed by atoms with Crippen molar-refractivity contribution >= 4 is 17.4 Å². The maximum atomic E-state index is 13.2. The van der Waals surface area contributed by atoms with Crippen LogP contribution in [-0.4, -0.2) is 38.8 Å². The molecule has 7 nitrogen and oxygen atoms in total. The highest BCUT2D eigenvalue weighted by Gasteiger charge is 2.33. The van der Waals surface area contributed by atoms with E-state index in [1.807, 2.05) is 25.3 Å². The molecule has 0 spiro atoms. The molecule has 28 heavy (non-hydrogen) atoms. The molecule has 0 saturated carbocycles. The van der Waals surface area contributed by atoms with Crippen LogP contribution in [0.1, 0.15) is 19.0 Å². The van der Waals surface area contributed by atoms with Gasteiger partial charge in [-0.3, -0.25) is 14.8 Å². The first-order valence-corrected chi connectivity index (χ1v) is 9.12. The van der Waals surface area contributed by atoms with Gasteiger partial charge in [-0.25, -0.2) is 9.37 Å². The zero-order valence-electron chi connectivity index (χ0n) is 15.3. The van der Waals surface area contributed by atoms with E-state index in [0.717, 1.165) is 23.2 Å². The van der Waals surface area contributed by atoms with Crippen molar-refractivity contribution in [1.29, 1.82) is 0 Å². The number of aryl methyl sites for hydroxylation is 1. The summed E-state index contributed by atoms with van der Waals surface area (Å²) in [4.78, 5) is 19.2. The van der Waals surface area contributed by atoms with Gasteiger partial charge in [0.1, 0.15) is 11.9 Å². The molecule has 3 heterocycles. The van der Waals surface area contributed by atoms with E-state index in [4.69, 9.17) is 4.98 Å². The Morgan fingerprint density at radius 3 is 2.93 bits per heavy atom. The molecular weight excluding hydrogens is 361 g/mol. The van der Waals surface area contributed by atoms with Gasteiger partial charge in [0.15, 0.2) is 11.6 Å². The van der Waals surface area contributed by atoms with E-state index in [0.29, 0.717) is 24.5 Å². The first kappa shape index (κ1) is 18.0. The summed E-state index contributed by atoms with van der Waals surface area (Å²) in [5.74, 6) is -0.634. The van der Waals surface area contributed by atoms with Crippen molar-refractivity contribution in [2.24, 2.45) is 0 Å². The lowest BCUT2D eigenvalue weighted by atomic mass is 10.1. The number of hydrogen-bond donors (Lipinski definition) is 3. The van der Waals surface area contributed by atoms with Crippen molar-refractivity contribution in [3.8, 4) is 16.9 Å². The lowest BCUT2D eigenvalue weighted by Gasteiger charge is -2.18. The normalized spacial score (nSPS) is 16.6. The summed E-state index contributed by atoms with van der Waals surface area (Å²) < 4.78 is 13.2. The molecule has 1 amide bonds. The van der Waals surface area contributed by atoms with E-state index < -0.39 is 17.6 Å². The summed E-state index contributed by atoms with van der Waals surface area (Å²) in [5.41, 5.74) is 3.34. The van der Waals surface area contributed by atoms with Crippen molar-refractivity contribution < 1.29 is 14.3 Å². The molecule has 1 fully saturated rings. The lowest BCUT2D eigenvalue weighted by molar-refractivity contribution is -0.117. The number of aromatic hydroxyl groups is 1. The summed E-state index contributed by atoms with van der Waals surface area (Å²) >= 11 is 0. The number of rotatable bonds is 5. The Labute approximate surface area is 161 Å². The fourth-order valence-electron chi connectivity index (χ4n) is 3.42. The van der Waals surface area contributed by atoms with E-state index in [1.54, 1.807) is 11.1 Å². The fraction of sp³-hybridized carbons (Fsp3) is 0.250. The Hall–Kier alpha value is -3.42. The second kappa shape index (κ2) is 7.30. The van der Waals surface area contributed by atoms with Gasteiger partial charge in [0.2, 0.25) is 0 Å². The van der Waals surface area contributed by atoms with Crippen LogP contribution in [0.2, 0.25) is 0 Å². The van der Waals surface area contributed by atoms with Gasteiger partial charge in [-0.15, -0.1) is 0 Å². The summed E-state index contributed by atoms with van der Waals surface area (Å²) in [6.07, 6.45) is 4.88. The van der Waals surface area contributed by atoms with Crippen molar-refractivity contribution in [3.63, 3.8) is 0 Å². The van der Waals surface area contributed by atoms with Gasteiger partial charge in [-0.05, 0) is 37.1 Å². The highest BCUT2D eigenvalue weighted by atomic mass is 19.1. The number of halogens is 1. The third-order valence-electron chi connectivity index (χ3n) is 4.87. The number of amides is 1. The minimum atomic E-state index is -0.695. The van der Waals surface area contributed by atoms with Crippen LogP contribution in [0.15, 0.2) is 42.7 Å². The zero-order valence-corrected chi connectivity index (χ0v) is 15.3.